The average Bonchev–Trinajstić information content (AvgIpc) is 1.86. The van der Waals surface area contributed by atoms with Gasteiger partial charge in [-0.15, -0.1) is 0 Å². The van der Waals surface area contributed by atoms with Crippen LogP contribution in [0, 0.1) is 0 Å². The van der Waals surface area contributed by atoms with Crippen molar-refractivity contribution in [2.24, 2.45) is 4.99 Å². The van der Waals surface area contributed by atoms with Crippen LogP contribution in [-0.4, -0.2) is 11.3 Å². The third-order valence-electron chi connectivity index (χ3n) is 0.629. The lowest BCUT2D eigenvalue weighted by atomic mass is 10.5. The van der Waals surface area contributed by atoms with Gasteiger partial charge in [0.05, 0.1) is 0 Å². The van der Waals surface area contributed by atoms with E-state index < -0.39 is 0 Å². The highest BCUT2D eigenvalue weighted by Gasteiger charge is 1.89. The van der Waals surface area contributed by atoms with Crippen LogP contribution >= 0.6 is 0 Å². The Morgan fingerprint density at radius 3 is 2.83 bits per heavy atom. The first kappa shape index (κ1) is 3.40. The number of aliphatic imine (C=N–C) groups is 1. The van der Waals surface area contributed by atoms with Crippen LogP contribution in [0.25, 0.3) is 0 Å². The Kier molecular flexibility index (Phi) is 0.638. The molecular formula is C4H5NO. The van der Waals surface area contributed by atoms with Crippen LogP contribution in [0.1, 0.15) is 6.42 Å². The van der Waals surface area contributed by atoms with Crippen LogP contribution in [0.15, 0.2) is 17.0 Å². The van der Waals surface area contributed by atoms with E-state index in [2.05, 4.69) is 4.99 Å². The van der Waals surface area contributed by atoms with Crippen molar-refractivity contribution in [3.63, 3.8) is 0 Å². The van der Waals surface area contributed by atoms with Crippen LogP contribution < -0.4 is 0 Å². The van der Waals surface area contributed by atoms with Crippen molar-refractivity contribution >= 4 is 6.21 Å². The molecule has 1 N–H and O–H groups in total. The van der Waals surface area contributed by atoms with Gasteiger partial charge < -0.3 is 5.11 Å². The Morgan fingerprint density at radius 2 is 2.67 bits per heavy atom. The predicted octanol–water partition coefficient (Wildman–Crippen LogP) is 0.860. The summed E-state index contributed by atoms with van der Waals surface area (Å²) < 4.78 is 0. The van der Waals surface area contributed by atoms with Gasteiger partial charge in [-0.1, -0.05) is 0 Å². The third kappa shape index (κ3) is 0.407. The van der Waals surface area contributed by atoms with Gasteiger partial charge in [-0.05, 0) is 6.08 Å². The molecule has 0 bridgehead atoms. The first-order valence-corrected chi connectivity index (χ1v) is 1.81. The molecule has 0 aromatic rings. The molecule has 0 unspecified atom stereocenters. The molecule has 0 radical (unpaired) electrons. The number of nitrogens with zero attached hydrogens (tertiary/aromatic N) is 1. The number of aliphatic hydroxyl groups is 1. The van der Waals surface area contributed by atoms with Crippen molar-refractivity contribution in [2.45, 2.75) is 6.42 Å². The van der Waals surface area contributed by atoms with Gasteiger partial charge in [-0.2, -0.15) is 0 Å². The highest BCUT2D eigenvalue weighted by molar-refractivity contribution is 5.63. The van der Waals surface area contributed by atoms with Crippen LogP contribution in [0.4, 0.5) is 0 Å². The summed E-state index contributed by atoms with van der Waals surface area (Å²) in [6.07, 6.45) is 4.10. The van der Waals surface area contributed by atoms with Crippen LogP contribution in [0.5, 0.6) is 0 Å². The first-order chi connectivity index (χ1) is 2.89. The Bertz CT molecular complexity index is 101. The van der Waals surface area contributed by atoms with E-state index in [1.165, 1.54) is 0 Å². The van der Waals surface area contributed by atoms with E-state index in [-0.39, 0.29) is 5.88 Å². The topological polar surface area (TPSA) is 32.6 Å². The second kappa shape index (κ2) is 1.12. The minimum atomic E-state index is 0.148. The van der Waals surface area contributed by atoms with E-state index in [0.717, 1.165) is 6.42 Å². The minimum Gasteiger partial charge on any atom is -0.493 e. The van der Waals surface area contributed by atoms with E-state index in [9.17, 15) is 0 Å². The average molecular weight is 83.1 g/mol. The lowest BCUT2D eigenvalue weighted by Gasteiger charge is -1.73. The minimum absolute atomic E-state index is 0.148. The molecule has 1 aliphatic rings. The van der Waals surface area contributed by atoms with Crippen molar-refractivity contribution in [3.05, 3.63) is 12.0 Å². The number of rotatable bonds is 0. The molecule has 0 spiro atoms. The van der Waals surface area contributed by atoms with Crippen LogP contribution in [-0.2, 0) is 0 Å². The van der Waals surface area contributed by atoms with Crippen molar-refractivity contribution < 1.29 is 5.11 Å². The molecule has 2 heteroatoms. The number of hydrogen-bond donors (Lipinski definition) is 1. The maximum atomic E-state index is 8.39. The van der Waals surface area contributed by atoms with Crippen molar-refractivity contribution in [2.75, 3.05) is 0 Å². The number of hydrogen-bond acceptors (Lipinski definition) is 2. The fraction of sp³-hybridized carbons (Fsp3) is 0.250. The zero-order valence-electron chi connectivity index (χ0n) is 3.26. The lowest BCUT2D eigenvalue weighted by Crippen LogP contribution is -1.60. The molecule has 0 atom stereocenters. The molecule has 6 heavy (non-hydrogen) atoms. The van der Waals surface area contributed by atoms with Gasteiger partial charge in [0.15, 0.2) is 0 Å². The Morgan fingerprint density at radius 1 is 1.83 bits per heavy atom. The maximum absolute atomic E-state index is 8.39. The SMILES string of the molecule is OC1=CCC=N1. The van der Waals surface area contributed by atoms with Crippen molar-refractivity contribution in [3.8, 4) is 0 Å². The Balaban J connectivity index is 2.68. The van der Waals surface area contributed by atoms with Gasteiger partial charge in [0.1, 0.15) is 0 Å². The van der Waals surface area contributed by atoms with E-state index in [4.69, 9.17) is 5.11 Å². The lowest BCUT2D eigenvalue weighted by molar-refractivity contribution is 0.409. The largest absolute Gasteiger partial charge is 0.493 e. The molecule has 1 aliphatic heterocycles. The van der Waals surface area contributed by atoms with Gasteiger partial charge in [0, 0.05) is 12.6 Å². The molecule has 1 rings (SSSR count). The molecule has 0 saturated carbocycles. The number of allylic oxidation sites excluding steroid dienone is 1. The van der Waals surface area contributed by atoms with E-state index >= 15 is 0 Å². The molecule has 0 aromatic carbocycles. The molecule has 0 fully saturated rings. The zero-order chi connectivity index (χ0) is 4.41. The zero-order valence-corrected chi connectivity index (χ0v) is 3.26. The highest BCUT2D eigenvalue weighted by Crippen LogP contribution is 1.97. The smallest absolute Gasteiger partial charge is 0.206 e. The summed E-state index contributed by atoms with van der Waals surface area (Å²) in [6.45, 7) is 0. The van der Waals surface area contributed by atoms with Crippen molar-refractivity contribution in [1.29, 1.82) is 0 Å². The third-order valence-corrected chi connectivity index (χ3v) is 0.629. The Labute approximate surface area is 35.8 Å². The summed E-state index contributed by atoms with van der Waals surface area (Å²) in [5.74, 6) is 0.148. The van der Waals surface area contributed by atoms with Gasteiger partial charge >= 0.3 is 0 Å². The molecular weight excluding hydrogens is 78.0 g/mol. The second-order valence-corrected chi connectivity index (χ2v) is 1.11. The molecule has 0 aromatic heterocycles. The monoisotopic (exact) mass is 83.0 g/mol. The molecule has 0 amide bonds. The van der Waals surface area contributed by atoms with E-state index in [1.807, 2.05) is 0 Å². The maximum Gasteiger partial charge on any atom is 0.206 e. The summed E-state index contributed by atoms with van der Waals surface area (Å²) in [5.41, 5.74) is 0. The summed E-state index contributed by atoms with van der Waals surface area (Å²) >= 11 is 0. The Hall–Kier alpha value is -0.790. The summed E-state index contributed by atoms with van der Waals surface area (Å²) in [6, 6.07) is 0. The van der Waals surface area contributed by atoms with Gasteiger partial charge in [0.2, 0.25) is 5.88 Å². The second-order valence-electron chi connectivity index (χ2n) is 1.11. The number of aliphatic hydroxyl groups excluding tert-OH is 1. The summed E-state index contributed by atoms with van der Waals surface area (Å²) in [4.78, 5) is 3.53. The van der Waals surface area contributed by atoms with Crippen LogP contribution in [0.3, 0.4) is 0 Å². The normalized spacial score (nSPS) is 18.3. The van der Waals surface area contributed by atoms with Crippen LogP contribution in [0.2, 0.25) is 0 Å². The fourth-order valence-corrected chi connectivity index (χ4v) is 0.357. The standard InChI is InChI=1S/C4H5NO/c6-4-2-1-3-5-4/h2-3,6H,1H2. The first-order valence-electron chi connectivity index (χ1n) is 1.81. The van der Waals surface area contributed by atoms with E-state index in [1.54, 1.807) is 12.3 Å². The summed E-state index contributed by atoms with van der Waals surface area (Å²) in [7, 11) is 0. The van der Waals surface area contributed by atoms with E-state index in [0.29, 0.717) is 0 Å². The molecule has 1 heterocycles. The van der Waals surface area contributed by atoms with Gasteiger partial charge in [0.25, 0.3) is 0 Å². The molecule has 0 aliphatic carbocycles. The van der Waals surface area contributed by atoms with Gasteiger partial charge in [-0.3, -0.25) is 0 Å². The predicted molar refractivity (Wildman–Crippen MR) is 23.8 cm³/mol. The highest BCUT2D eigenvalue weighted by atomic mass is 16.3. The van der Waals surface area contributed by atoms with Gasteiger partial charge in [-0.25, -0.2) is 4.99 Å². The molecule has 0 saturated heterocycles. The quantitative estimate of drug-likeness (QED) is 0.463. The molecule has 2 nitrogen and oxygen atoms in total. The van der Waals surface area contributed by atoms with Crippen molar-refractivity contribution in [1.82, 2.24) is 0 Å². The molecule has 32 valence electrons. The fourth-order valence-electron chi connectivity index (χ4n) is 0.357. The summed E-state index contributed by atoms with van der Waals surface area (Å²) in [5, 5.41) is 8.39.